The molecule has 3 aromatic heterocycles. The predicted molar refractivity (Wildman–Crippen MR) is 130 cm³/mol. The van der Waals surface area contributed by atoms with Crippen molar-refractivity contribution < 1.29 is 9.53 Å². The topological polar surface area (TPSA) is 83.7 Å². The molecule has 0 spiro atoms. The van der Waals surface area contributed by atoms with Gasteiger partial charge in [0.25, 0.3) is 0 Å². The fourth-order valence-corrected chi connectivity index (χ4v) is 3.81. The van der Waals surface area contributed by atoms with Gasteiger partial charge in [0.05, 0.1) is 17.0 Å². The molecular weight excluding hydrogens is 412 g/mol. The van der Waals surface area contributed by atoms with Gasteiger partial charge >= 0.3 is 5.97 Å². The summed E-state index contributed by atoms with van der Waals surface area (Å²) in [5, 5.41) is 0. The van der Waals surface area contributed by atoms with Gasteiger partial charge in [0.2, 0.25) is 0 Å². The molecule has 6 rings (SSSR count). The van der Waals surface area contributed by atoms with Crippen LogP contribution in [0.15, 0.2) is 72.8 Å². The van der Waals surface area contributed by atoms with Gasteiger partial charge in [-0.2, -0.15) is 0 Å². The molecule has 2 aliphatic rings. The van der Waals surface area contributed by atoms with Gasteiger partial charge in [-0.1, -0.05) is 18.2 Å². The molecule has 6 heteroatoms. The highest BCUT2D eigenvalue weighted by Crippen LogP contribution is 2.29. The molecule has 0 saturated carbocycles. The SMILES string of the molecule is O=C(Oc1c2nc(cc3ccc(cc4ccc(cc5nc1C=C5)[nH]4)[nH]3)C=C2)c1ccccc1. The van der Waals surface area contributed by atoms with Gasteiger partial charge in [-0.15, -0.1) is 0 Å². The van der Waals surface area contributed by atoms with Gasteiger partial charge in [0, 0.05) is 22.1 Å². The van der Waals surface area contributed by atoms with Crippen molar-refractivity contribution in [3.8, 4) is 5.75 Å². The summed E-state index contributed by atoms with van der Waals surface area (Å²) in [7, 11) is 0. The van der Waals surface area contributed by atoms with Crippen LogP contribution in [0.25, 0.3) is 46.4 Å². The van der Waals surface area contributed by atoms with E-state index >= 15 is 0 Å². The Kier molecular flexibility index (Phi) is 4.47. The molecule has 0 fully saturated rings. The summed E-state index contributed by atoms with van der Waals surface area (Å²) in [6, 6.07) is 22.9. The van der Waals surface area contributed by atoms with E-state index in [2.05, 4.69) is 9.97 Å². The Bertz CT molecular complexity index is 1520. The number of hydrogen-bond acceptors (Lipinski definition) is 4. The molecule has 0 saturated heterocycles. The number of aromatic nitrogens is 4. The maximum atomic E-state index is 12.8. The zero-order chi connectivity index (χ0) is 22.2. The van der Waals surface area contributed by atoms with Crippen LogP contribution in [-0.2, 0) is 0 Å². The second-order valence-corrected chi connectivity index (χ2v) is 7.77. The van der Waals surface area contributed by atoms with Gasteiger partial charge in [0.15, 0.2) is 5.75 Å². The number of rotatable bonds is 2. The Morgan fingerprint density at radius 2 is 1.15 bits per heavy atom. The molecule has 0 radical (unpaired) electrons. The summed E-state index contributed by atoms with van der Waals surface area (Å²) in [4.78, 5) is 29.0. The lowest BCUT2D eigenvalue weighted by Gasteiger charge is -2.06. The van der Waals surface area contributed by atoms with E-state index in [1.54, 1.807) is 24.3 Å². The molecule has 2 N–H and O–H groups in total. The number of ether oxygens (including phenoxy) is 1. The number of nitrogens with one attached hydrogen (secondary N) is 2. The monoisotopic (exact) mass is 430 g/mol. The second kappa shape index (κ2) is 7.76. The van der Waals surface area contributed by atoms with E-state index in [0.717, 1.165) is 33.5 Å². The third kappa shape index (κ3) is 3.85. The van der Waals surface area contributed by atoms with Crippen LogP contribution in [0.1, 0.15) is 33.1 Å². The number of aromatic amines is 2. The molecule has 158 valence electrons. The first-order valence-electron chi connectivity index (χ1n) is 10.5. The molecule has 8 bridgehead atoms. The standard InChI is InChI=1S/C27H18N4O2/c32-27(17-4-2-1-3-5-17)33-26-24-12-10-22(30-24)15-20-8-6-18(28-20)14-19-7-9-21(29-19)16-23-11-13-25(26)31-23/h1-16,28-29H. The fraction of sp³-hybridized carbons (Fsp3) is 0. The van der Waals surface area contributed by atoms with E-state index in [4.69, 9.17) is 14.7 Å². The lowest BCUT2D eigenvalue weighted by Crippen LogP contribution is -2.10. The molecular formula is C27H18N4O2. The molecule has 2 aliphatic heterocycles. The molecule has 0 aliphatic carbocycles. The molecule has 0 atom stereocenters. The van der Waals surface area contributed by atoms with Crippen molar-refractivity contribution in [2.24, 2.45) is 0 Å². The first kappa shape index (κ1) is 19.0. The van der Waals surface area contributed by atoms with Gasteiger partial charge in [-0.05, 0) is 78.9 Å². The first-order valence-corrected chi connectivity index (χ1v) is 10.5. The second-order valence-electron chi connectivity index (χ2n) is 7.77. The Morgan fingerprint density at radius 1 is 0.636 bits per heavy atom. The summed E-state index contributed by atoms with van der Waals surface area (Å²) in [5.74, 6) is -0.136. The van der Waals surface area contributed by atoms with E-state index in [0.29, 0.717) is 22.7 Å². The molecule has 0 unspecified atom stereocenters. The number of esters is 1. The largest absolute Gasteiger partial charge is 0.418 e. The normalized spacial score (nSPS) is 12.1. The van der Waals surface area contributed by atoms with Crippen LogP contribution in [0, 0.1) is 0 Å². The van der Waals surface area contributed by atoms with E-state index in [9.17, 15) is 4.79 Å². The molecule has 1 aromatic carbocycles. The van der Waals surface area contributed by atoms with Crippen molar-refractivity contribution in [2.75, 3.05) is 0 Å². The minimum absolute atomic E-state index is 0.322. The molecule has 5 heterocycles. The van der Waals surface area contributed by atoms with Crippen LogP contribution in [0.3, 0.4) is 0 Å². The predicted octanol–water partition coefficient (Wildman–Crippen LogP) is 5.87. The van der Waals surface area contributed by atoms with E-state index in [-0.39, 0.29) is 0 Å². The fourth-order valence-electron chi connectivity index (χ4n) is 3.81. The van der Waals surface area contributed by atoms with E-state index in [1.807, 2.05) is 72.8 Å². The van der Waals surface area contributed by atoms with Crippen LogP contribution in [0.5, 0.6) is 5.75 Å². The van der Waals surface area contributed by atoms with Crippen molar-refractivity contribution >= 4 is 52.3 Å². The summed E-state index contributed by atoms with van der Waals surface area (Å²) in [6.45, 7) is 0. The van der Waals surface area contributed by atoms with Crippen molar-refractivity contribution in [3.63, 3.8) is 0 Å². The van der Waals surface area contributed by atoms with Crippen LogP contribution >= 0.6 is 0 Å². The highest BCUT2D eigenvalue weighted by Gasteiger charge is 2.17. The maximum Gasteiger partial charge on any atom is 0.343 e. The minimum Gasteiger partial charge on any atom is -0.418 e. The van der Waals surface area contributed by atoms with Gasteiger partial charge < -0.3 is 14.7 Å². The van der Waals surface area contributed by atoms with Crippen molar-refractivity contribution in [1.82, 2.24) is 19.9 Å². The van der Waals surface area contributed by atoms with Gasteiger partial charge in [-0.3, -0.25) is 0 Å². The zero-order valence-corrected chi connectivity index (χ0v) is 17.4. The summed E-state index contributed by atoms with van der Waals surface area (Å²) in [6.07, 6.45) is 7.45. The minimum atomic E-state index is -0.458. The third-order valence-corrected chi connectivity index (χ3v) is 5.37. The maximum absolute atomic E-state index is 12.8. The smallest absolute Gasteiger partial charge is 0.343 e. The number of fused-ring (bicyclic) bond motifs is 8. The van der Waals surface area contributed by atoms with E-state index in [1.165, 1.54) is 0 Å². The third-order valence-electron chi connectivity index (χ3n) is 5.37. The Morgan fingerprint density at radius 3 is 1.70 bits per heavy atom. The van der Waals surface area contributed by atoms with Crippen LogP contribution in [0.2, 0.25) is 0 Å². The number of benzene rings is 1. The number of carbonyl (C=O) groups is 1. The number of H-pyrrole nitrogens is 2. The summed E-state index contributed by atoms with van der Waals surface area (Å²) >= 11 is 0. The lowest BCUT2D eigenvalue weighted by atomic mass is 10.2. The zero-order valence-electron chi connectivity index (χ0n) is 17.4. The Labute approximate surface area is 189 Å². The average molecular weight is 430 g/mol. The van der Waals surface area contributed by atoms with Crippen LogP contribution in [0.4, 0.5) is 0 Å². The van der Waals surface area contributed by atoms with Crippen molar-refractivity contribution in [3.05, 3.63) is 101 Å². The number of carbonyl (C=O) groups excluding carboxylic acids is 1. The van der Waals surface area contributed by atoms with Crippen LogP contribution < -0.4 is 4.74 Å². The number of hydrogen-bond donors (Lipinski definition) is 2. The highest BCUT2D eigenvalue weighted by molar-refractivity contribution is 5.93. The van der Waals surface area contributed by atoms with Crippen molar-refractivity contribution in [1.29, 1.82) is 0 Å². The van der Waals surface area contributed by atoms with Gasteiger partial charge in [-0.25, -0.2) is 14.8 Å². The van der Waals surface area contributed by atoms with Crippen LogP contribution in [-0.4, -0.2) is 25.9 Å². The lowest BCUT2D eigenvalue weighted by molar-refractivity contribution is 0.0733. The molecule has 4 aromatic rings. The first-order chi connectivity index (χ1) is 16.2. The Hall–Kier alpha value is -4.71. The molecule has 33 heavy (non-hydrogen) atoms. The van der Waals surface area contributed by atoms with Gasteiger partial charge in [0.1, 0.15) is 11.4 Å². The quantitative estimate of drug-likeness (QED) is 0.336. The molecule has 6 nitrogen and oxygen atoms in total. The average Bonchev–Trinajstić information content (AvgIpc) is 3.62. The Balaban J connectivity index is 1.59. The highest BCUT2D eigenvalue weighted by atomic mass is 16.5. The number of nitrogens with zero attached hydrogens (tertiary/aromatic N) is 2. The summed E-state index contributed by atoms with van der Waals surface area (Å²) in [5.41, 5.74) is 6.85. The van der Waals surface area contributed by atoms with Crippen molar-refractivity contribution in [2.45, 2.75) is 0 Å². The van der Waals surface area contributed by atoms with E-state index < -0.39 is 5.97 Å². The summed E-state index contributed by atoms with van der Waals surface area (Å²) < 4.78 is 5.84. The molecule has 0 amide bonds.